The van der Waals surface area contributed by atoms with Crippen molar-refractivity contribution in [2.45, 2.75) is 58.8 Å². The molecule has 0 heterocycles. The van der Waals surface area contributed by atoms with Crippen molar-refractivity contribution in [3.05, 3.63) is 63.7 Å². The largest absolute Gasteiger partial charge is 0.507 e. The van der Waals surface area contributed by atoms with Gasteiger partial charge < -0.3 is 25.2 Å². The zero-order valence-corrected chi connectivity index (χ0v) is 20.3. The Morgan fingerprint density at radius 3 is 2.22 bits per heavy atom. The van der Waals surface area contributed by atoms with Crippen molar-refractivity contribution in [1.29, 1.82) is 0 Å². The topological polar surface area (TPSA) is 124 Å². The molecular formula is C24H32NO6P. The average Bonchev–Trinajstić information content (AvgIpc) is 2.70. The molecule has 1 amide bonds. The third-order valence-corrected chi connectivity index (χ3v) is 6.30. The van der Waals surface area contributed by atoms with E-state index in [-0.39, 0.29) is 23.7 Å². The highest BCUT2D eigenvalue weighted by molar-refractivity contribution is 7.25. The maximum Gasteiger partial charge on any atom is 0.326 e. The number of hydrogen-bond donors (Lipinski definition) is 4. The summed E-state index contributed by atoms with van der Waals surface area (Å²) in [7, 11) is -1.40. The molecule has 0 saturated carbocycles. The summed E-state index contributed by atoms with van der Waals surface area (Å²) in [6.45, 7) is 9.07. The van der Waals surface area contributed by atoms with Crippen LogP contribution in [0, 0.1) is 19.8 Å². The van der Waals surface area contributed by atoms with Gasteiger partial charge in [0.05, 0.1) is 14.0 Å². The Hall–Kier alpha value is -2.63. The van der Waals surface area contributed by atoms with Crippen LogP contribution >= 0.6 is 8.46 Å². The average molecular weight is 461 g/mol. The number of rotatable bonds is 9. The van der Waals surface area contributed by atoms with Crippen molar-refractivity contribution in [1.82, 2.24) is 5.32 Å². The Labute approximate surface area is 189 Å². The van der Waals surface area contributed by atoms with Crippen LogP contribution in [0.2, 0.25) is 0 Å². The summed E-state index contributed by atoms with van der Waals surface area (Å²) in [5.41, 5.74) is 4.19. The molecule has 0 saturated heterocycles. The van der Waals surface area contributed by atoms with Crippen LogP contribution in [0.5, 0.6) is 5.75 Å². The van der Waals surface area contributed by atoms with Crippen LogP contribution in [0.3, 0.4) is 0 Å². The quantitative estimate of drug-likeness (QED) is 0.422. The van der Waals surface area contributed by atoms with Gasteiger partial charge in [-0.2, -0.15) is 0 Å². The van der Waals surface area contributed by atoms with E-state index >= 15 is 0 Å². The molecule has 0 fully saturated rings. The molecular weight excluding hydrogens is 429 g/mol. The lowest BCUT2D eigenvalue weighted by molar-refractivity contribution is -0.139. The molecule has 174 valence electrons. The predicted molar refractivity (Wildman–Crippen MR) is 125 cm³/mol. The molecule has 7 nitrogen and oxygen atoms in total. The summed E-state index contributed by atoms with van der Waals surface area (Å²) in [5.74, 6) is -1.91. The molecule has 0 radical (unpaired) electrons. The lowest BCUT2D eigenvalue weighted by atomic mass is 9.92. The lowest BCUT2D eigenvalue weighted by Crippen LogP contribution is -2.41. The Morgan fingerprint density at radius 1 is 1.12 bits per heavy atom. The van der Waals surface area contributed by atoms with Gasteiger partial charge in [0.25, 0.3) is 5.91 Å². The molecule has 0 aliphatic rings. The highest BCUT2D eigenvalue weighted by Gasteiger charge is 2.24. The van der Waals surface area contributed by atoms with Crippen LogP contribution < -0.4 is 5.32 Å². The third-order valence-electron chi connectivity index (χ3n) is 5.51. The Balaban J connectivity index is 2.33. The monoisotopic (exact) mass is 461 g/mol. The number of carboxylic acid groups (broad SMARTS) is 1. The molecule has 0 aliphatic carbocycles. The minimum atomic E-state index is -1.40. The lowest BCUT2D eigenvalue weighted by Gasteiger charge is -2.21. The fraction of sp³-hybridized carbons (Fsp3) is 0.417. The summed E-state index contributed by atoms with van der Waals surface area (Å²) in [5, 5.41) is 31.0. The normalized spacial score (nSPS) is 14.5. The second-order valence-electron chi connectivity index (χ2n) is 8.88. The number of hydrogen-bond acceptors (Lipinski definition) is 5. The fourth-order valence-corrected chi connectivity index (χ4v) is 3.94. The number of aliphatic carboxylic acids is 1. The van der Waals surface area contributed by atoms with Crippen LogP contribution in [0.1, 0.15) is 65.4 Å². The van der Waals surface area contributed by atoms with Gasteiger partial charge >= 0.3 is 5.97 Å². The second kappa shape index (κ2) is 10.3. The summed E-state index contributed by atoms with van der Waals surface area (Å²) in [6.07, 6.45) is 0.750. The maximum absolute atomic E-state index is 12.7. The molecule has 2 aromatic carbocycles. The van der Waals surface area contributed by atoms with E-state index in [1.165, 1.54) is 13.0 Å². The van der Waals surface area contributed by atoms with Gasteiger partial charge in [-0.05, 0) is 79.5 Å². The van der Waals surface area contributed by atoms with E-state index < -0.39 is 31.7 Å². The number of carbonyl (C=O) groups excluding carboxylic acids is 1. The number of carboxylic acids is 1. The van der Waals surface area contributed by atoms with Gasteiger partial charge in [0, 0.05) is 0 Å². The summed E-state index contributed by atoms with van der Waals surface area (Å²) < 4.78 is 11.4. The molecule has 2 unspecified atom stereocenters. The van der Waals surface area contributed by atoms with Gasteiger partial charge in [0.1, 0.15) is 17.1 Å². The highest BCUT2D eigenvalue weighted by atomic mass is 31.1. The van der Waals surface area contributed by atoms with Crippen molar-refractivity contribution < 1.29 is 29.5 Å². The molecule has 2 aromatic rings. The standard InChI is InChI=1S/C24H32NO6P/c1-13(2)8-20(23(28)29)25-22(27)19-12-16(6-7-21(19)26)11-18-14(3)9-17(10-15(18)4)24(5,30)32-31/h6-7,9-10,12-13,20,26,30H,8,11,32H2,1-5H3,(H,25,27)(H,28,29)/t20-,24?/m1/s1. The summed E-state index contributed by atoms with van der Waals surface area (Å²) >= 11 is 0. The number of aliphatic hydroxyl groups is 1. The molecule has 0 bridgehead atoms. The van der Waals surface area contributed by atoms with Crippen molar-refractivity contribution >= 4 is 20.3 Å². The predicted octanol–water partition coefficient (Wildman–Crippen LogP) is 3.75. The van der Waals surface area contributed by atoms with E-state index in [9.17, 15) is 29.5 Å². The van der Waals surface area contributed by atoms with Crippen molar-refractivity contribution in [3.8, 4) is 5.75 Å². The van der Waals surface area contributed by atoms with Crippen molar-refractivity contribution in [2.75, 3.05) is 0 Å². The number of phenols is 1. The molecule has 2 rings (SSSR count). The van der Waals surface area contributed by atoms with E-state index in [4.69, 9.17) is 0 Å². The Bertz CT molecular complexity index is 1010. The summed E-state index contributed by atoms with van der Waals surface area (Å²) in [4.78, 5) is 24.2. The molecule has 8 heteroatoms. The first-order valence-electron chi connectivity index (χ1n) is 10.5. The minimum absolute atomic E-state index is 0.0160. The Kier molecular flexibility index (Phi) is 8.27. The number of aromatic hydroxyl groups is 1. The molecule has 4 N–H and O–H groups in total. The van der Waals surface area contributed by atoms with Crippen LogP contribution in [0.25, 0.3) is 0 Å². The van der Waals surface area contributed by atoms with Crippen LogP contribution in [0.4, 0.5) is 0 Å². The van der Waals surface area contributed by atoms with E-state index in [0.717, 1.165) is 22.3 Å². The molecule has 0 spiro atoms. The van der Waals surface area contributed by atoms with Crippen LogP contribution in [-0.2, 0) is 21.1 Å². The first-order chi connectivity index (χ1) is 14.9. The zero-order valence-electron chi connectivity index (χ0n) is 19.1. The fourth-order valence-electron chi connectivity index (χ4n) is 3.64. The molecule has 3 atom stereocenters. The SMILES string of the molecule is Cc1cc(C(C)(O)[PH2]=O)cc(C)c1Cc1ccc(O)c(C(=O)N[C@H](CC(C)C)C(=O)O)c1. The van der Waals surface area contributed by atoms with E-state index in [1.54, 1.807) is 12.1 Å². The van der Waals surface area contributed by atoms with Gasteiger partial charge in [-0.3, -0.25) is 4.79 Å². The van der Waals surface area contributed by atoms with E-state index in [2.05, 4.69) is 5.32 Å². The van der Waals surface area contributed by atoms with Crippen LogP contribution in [-0.4, -0.2) is 33.2 Å². The zero-order chi connectivity index (χ0) is 24.2. The van der Waals surface area contributed by atoms with Gasteiger partial charge in [-0.25, -0.2) is 4.79 Å². The van der Waals surface area contributed by atoms with Gasteiger partial charge in [0.2, 0.25) is 0 Å². The third kappa shape index (κ3) is 6.21. The highest BCUT2D eigenvalue weighted by Crippen LogP contribution is 2.34. The summed E-state index contributed by atoms with van der Waals surface area (Å²) in [6, 6.07) is 7.27. The number of aryl methyl sites for hydroxylation is 2. The van der Waals surface area contributed by atoms with Gasteiger partial charge in [0.15, 0.2) is 0 Å². The smallest absolute Gasteiger partial charge is 0.326 e. The second-order valence-corrected chi connectivity index (χ2v) is 10.2. The number of carbonyl (C=O) groups is 2. The Morgan fingerprint density at radius 2 is 1.72 bits per heavy atom. The first-order valence-corrected chi connectivity index (χ1v) is 11.6. The number of nitrogens with one attached hydrogen (secondary N) is 1. The number of phenolic OH excluding ortho intramolecular Hbond substituents is 1. The van der Waals surface area contributed by atoms with Crippen molar-refractivity contribution in [3.63, 3.8) is 0 Å². The number of amides is 1. The van der Waals surface area contributed by atoms with Gasteiger partial charge in [-0.1, -0.05) is 32.0 Å². The molecule has 32 heavy (non-hydrogen) atoms. The van der Waals surface area contributed by atoms with Crippen LogP contribution in [0.15, 0.2) is 30.3 Å². The molecule has 0 aromatic heterocycles. The van der Waals surface area contributed by atoms with E-state index in [1.807, 2.05) is 39.8 Å². The van der Waals surface area contributed by atoms with Gasteiger partial charge in [-0.15, -0.1) is 0 Å². The maximum atomic E-state index is 12.7. The minimum Gasteiger partial charge on any atom is -0.507 e. The number of benzene rings is 2. The van der Waals surface area contributed by atoms with E-state index in [0.29, 0.717) is 12.0 Å². The molecule has 0 aliphatic heterocycles. The first kappa shape index (κ1) is 25.6. The van der Waals surface area contributed by atoms with Crippen molar-refractivity contribution in [2.24, 2.45) is 5.92 Å².